The van der Waals surface area contributed by atoms with Gasteiger partial charge in [-0.25, -0.2) is 9.59 Å². The molecule has 1 aliphatic rings. The predicted molar refractivity (Wildman–Crippen MR) is 74.3 cm³/mol. The van der Waals surface area contributed by atoms with E-state index >= 15 is 0 Å². The number of ether oxygens (including phenoxy) is 2. The second-order valence-electron chi connectivity index (χ2n) is 5.09. The van der Waals surface area contributed by atoms with Crippen molar-refractivity contribution in [3.05, 3.63) is 35.9 Å². The molecular formula is C15H19NO5. The lowest BCUT2D eigenvalue weighted by atomic mass is 10.0. The van der Waals surface area contributed by atoms with Crippen LogP contribution in [0.4, 0.5) is 4.79 Å². The van der Waals surface area contributed by atoms with Crippen LogP contribution in [0.3, 0.4) is 0 Å². The third-order valence-electron chi connectivity index (χ3n) is 3.71. The summed E-state index contributed by atoms with van der Waals surface area (Å²) in [5, 5.41) is 9.86. The molecule has 0 spiro atoms. The van der Waals surface area contributed by atoms with E-state index in [2.05, 4.69) is 0 Å². The van der Waals surface area contributed by atoms with E-state index in [1.54, 1.807) is 6.92 Å². The zero-order valence-corrected chi connectivity index (χ0v) is 12.1. The summed E-state index contributed by atoms with van der Waals surface area (Å²) in [6, 6.07) is 8.44. The third kappa shape index (κ3) is 3.33. The predicted octanol–water partition coefficient (Wildman–Crippen LogP) is 1.18. The molecule has 114 valence electrons. The molecule has 0 bridgehead atoms. The van der Waals surface area contributed by atoms with Gasteiger partial charge in [-0.1, -0.05) is 37.3 Å². The summed E-state index contributed by atoms with van der Waals surface area (Å²) in [7, 11) is 1.26. The molecular weight excluding hydrogens is 274 g/mol. The number of likely N-dealkylation sites (tertiary alicyclic amines) is 1. The SMILES string of the molecule is COC(=O)C1C(C)C(O)CN1C(=O)OCc1ccccc1. The molecule has 0 aliphatic carbocycles. The van der Waals surface area contributed by atoms with Crippen molar-refractivity contribution in [1.29, 1.82) is 0 Å². The summed E-state index contributed by atoms with van der Waals surface area (Å²) >= 11 is 0. The van der Waals surface area contributed by atoms with Crippen LogP contribution < -0.4 is 0 Å². The molecule has 3 unspecified atom stereocenters. The van der Waals surface area contributed by atoms with Gasteiger partial charge in [-0.15, -0.1) is 0 Å². The number of methoxy groups -OCH3 is 1. The number of aliphatic hydroxyl groups is 1. The zero-order chi connectivity index (χ0) is 15.4. The highest BCUT2D eigenvalue weighted by Crippen LogP contribution is 2.26. The van der Waals surface area contributed by atoms with E-state index in [9.17, 15) is 14.7 Å². The Kier molecular flexibility index (Phi) is 4.80. The number of β-amino-alcohol motifs (C(OH)–C–C–N with tert-alkyl or cyclic N) is 1. The van der Waals surface area contributed by atoms with Gasteiger partial charge in [0.25, 0.3) is 0 Å². The average Bonchev–Trinajstić information content (AvgIpc) is 2.81. The lowest BCUT2D eigenvalue weighted by molar-refractivity contribution is -0.146. The molecule has 0 aromatic heterocycles. The molecule has 1 heterocycles. The van der Waals surface area contributed by atoms with Gasteiger partial charge in [0.1, 0.15) is 12.6 Å². The van der Waals surface area contributed by atoms with Crippen LogP contribution in [-0.2, 0) is 20.9 Å². The van der Waals surface area contributed by atoms with Crippen LogP contribution in [0.25, 0.3) is 0 Å². The van der Waals surface area contributed by atoms with E-state index in [4.69, 9.17) is 9.47 Å². The number of benzene rings is 1. The van der Waals surface area contributed by atoms with E-state index in [0.29, 0.717) is 0 Å². The molecule has 3 atom stereocenters. The first-order valence-corrected chi connectivity index (χ1v) is 6.77. The second-order valence-corrected chi connectivity index (χ2v) is 5.09. The first-order valence-electron chi connectivity index (χ1n) is 6.77. The number of aliphatic hydroxyl groups excluding tert-OH is 1. The van der Waals surface area contributed by atoms with Crippen LogP contribution in [0.5, 0.6) is 0 Å². The molecule has 6 heteroatoms. The van der Waals surface area contributed by atoms with E-state index in [1.165, 1.54) is 12.0 Å². The fraction of sp³-hybridized carbons (Fsp3) is 0.467. The van der Waals surface area contributed by atoms with Crippen molar-refractivity contribution in [2.24, 2.45) is 5.92 Å². The Balaban J connectivity index is 2.01. The van der Waals surface area contributed by atoms with Crippen molar-refractivity contribution in [2.45, 2.75) is 25.7 Å². The molecule has 1 aliphatic heterocycles. The smallest absolute Gasteiger partial charge is 0.410 e. The molecule has 1 aromatic rings. The first kappa shape index (κ1) is 15.3. The van der Waals surface area contributed by atoms with Crippen LogP contribution in [0, 0.1) is 5.92 Å². The van der Waals surface area contributed by atoms with Crippen molar-refractivity contribution < 1.29 is 24.2 Å². The van der Waals surface area contributed by atoms with Crippen LogP contribution >= 0.6 is 0 Å². The Hall–Kier alpha value is -2.08. The van der Waals surface area contributed by atoms with Crippen molar-refractivity contribution in [3.8, 4) is 0 Å². The molecule has 1 amide bonds. The van der Waals surface area contributed by atoms with Gasteiger partial charge in [0.15, 0.2) is 0 Å². The van der Waals surface area contributed by atoms with Crippen molar-refractivity contribution in [3.63, 3.8) is 0 Å². The van der Waals surface area contributed by atoms with Crippen LogP contribution in [0.15, 0.2) is 30.3 Å². The summed E-state index contributed by atoms with van der Waals surface area (Å²) in [6.07, 6.45) is -1.39. The molecule has 1 fully saturated rings. The summed E-state index contributed by atoms with van der Waals surface area (Å²) < 4.78 is 9.90. The molecule has 6 nitrogen and oxygen atoms in total. The molecule has 21 heavy (non-hydrogen) atoms. The minimum atomic E-state index is -0.812. The number of amides is 1. The average molecular weight is 293 g/mol. The Bertz CT molecular complexity index is 504. The van der Waals surface area contributed by atoms with Crippen LogP contribution in [0.1, 0.15) is 12.5 Å². The molecule has 0 radical (unpaired) electrons. The fourth-order valence-corrected chi connectivity index (χ4v) is 2.43. The van der Waals surface area contributed by atoms with Crippen molar-refractivity contribution >= 4 is 12.1 Å². The molecule has 1 saturated heterocycles. The van der Waals surface area contributed by atoms with E-state index in [-0.39, 0.29) is 19.1 Å². The van der Waals surface area contributed by atoms with Gasteiger partial charge < -0.3 is 14.6 Å². The number of nitrogens with zero attached hydrogens (tertiary/aromatic N) is 1. The van der Waals surface area contributed by atoms with E-state index < -0.39 is 24.2 Å². The Morgan fingerprint density at radius 1 is 1.33 bits per heavy atom. The normalized spacial score (nSPS) is 24.7. The van der Waals surface area contributed by atoms with Gasteiger partial charge >= 0.3 is 12.1 Å². The summed E-state index contributed by atoms with van der Waals surface area (Å²) in [5.74, 6) is -0.933. The number of hydrogen-bond acceptors (Lipinski definition) is 5. The lowest BCUT2D eigenvalue weighted by Crippen LogP contribution is -2.43. The number of carbonyl (C=O) groups is 2. The zero-order valence-electron chi connectivity index (χ0n) is 12.1. The highest BCUT2D eigenvalue weighted by Gasteiger charge is 2.46. The number of rotatable bonds is 3. The first-order chi connectivity index (χ1) is 10.0. The fourth-order valence-electron chi connectivity index (χ4n) is 2.43. The third-order valence-corrected chi connectivity index (χ3v) is 3.71. The van der Waals surface area contributed by atoms with Gasteiger partial charge in [-0.2, -0.15) is 0 Å². The lowest BCUT2D eigenvalue weighted by Gasteiger charge is -2.23. The van der Waals surface area contributed by atoms with Gasteiger partial charge in [-0.3, -0.25) is 4.90 Å². The van der Waals surface area contributed by atoms with Crippen LogP contribution in [-0.4, -0.2) is 47.9 Å². The standard InChI is InChI=1S/C15H19NO5/c1-10-12(17)8-16(13(10)14(18)20-2)15(19)21-9-11-6-4-3-5-7-11/h3-7,10,12-13,17H,8-9H2,1-2H3. The maximum absolute atomic E-state index is 12.1. The number of esters is 1. The Morgan fingerprint density at radius 2 is 2.00 bits per heavy atom. The number of carbonyl (C=O) groups excluding carboxylic acids is 2. The topological polar surface area (TPSA) is 76.1 Å². The van der Waals surface area contributed by atoms with Gasteiger partial charge in [0.05, 0.1) is 19.8 Å². The van der Waals surface area contributed by atoms with Gasteiger partial charge in [0.2, 0.25) is 0 Å². The number of hydrogen-bond donors (Lipinski definition) is 1. The molecule has 2 rings (SSSR count). The van der Waals surface area contributed by atoms with Gasteiger partial charge in [0, 0.05) is 5.92 Å². The Labute approximate surface area is 123 Å². The Morgan fingerprint density at radius 3 is 2.62 bits per heavy atom. The molecule has 1 N–H and O–H groups in total. The van der Waals surface area contributed by atoms with Crippen molar-refractivity contribution in [1.82, 2.24) is 4.90 Å². The molecule has 0 saturated carbocycles. The van der Waals surface area contributed by atoms with E-state index in [0.717, 1.165) is 5.56 Å². The van der Waals surface area contributed by atoms with Crippen LogP contribution in [0.2, 0.25) is 0 Å². The summed E-state index contributed by atoms with van der Waals surface area (Å²) in [5.41, 5.74) is 0.855. The highest BCUT2D eigenvalue weighted by molar-refractivity contribution is 5.82. The quantitative estimate of drug-likeness (QED) is 0.847. The van der Waals surface area contributed by atoms with E-state index in [1.807, 2.05) is 30.3 Å². The maximum Gasteiger partial charge on any atom is 0.410 e. The maximum atomic E-state index is 12.1. The highest BCUT2D eigenvalue weighted by atomic mass is 16.6. The minimum Gasteiger partial charge on any atom is -0.467 e. The second kappa shape index (κ2) is 6.58. The minimum absolute atomic E-state index is 0.0640. The monoisotopic (exact) mass is 293 g/mol. The summed E-state index contributed by atoms with van der Waals surface area (Å²) in [6.45, 7) is 1.89. The van der Waals surface area contributed by atoms with Crippen molar-refractivity contribution in [2.75, 3.05) is 13.7 Å². The largest absolute Gasteiger partial charge is 0.467 e. The van der Waals surface area contributed by atoms with Gasteiger partial charge in [-0.05, 0) is 5.56 Å². The molecule has 1 aromatic carbocycles. The summed E-state index contributed by atoms with van der Waals surface area (Å²) in [4.78, 5) is 25.1.